The molecule has 1 aliphatic carbocycles. The molecule has 4 N–H and O–H groups in total. The Morgan fingerprint density at radius 1 is 1.30 bits per heavy atom. The first-order chi connectivity index (χ1) is 9.67. The zero-order valence-electron chi connectivity index (χ0n) is 12.0. The molecule has 0 saturated heterocycles. The average Bonchev–Trinajstić information content (AvgIpc) is 2.91. The number of hydrogen-bond donors (Lipinski definition) is 4. The van der Waals surface area contributed by atoms with E-state index in [1.807, 2.05) is 0 Å². The highest BCUT2D eigenvalue weighted by Crippen LogP contribution is 2.31. The minimum atomic E-state index is -0.124. The van der Waals surface area contributed by atoms with Crippen molar-refractivity contribution in [1.82, 2.24) is 10.3 Å². The van der Waals surface area contributed by atoms with Gasteiger partial charge in [0, 0.05) is 30.5 Å². The van der Waals surface area contributed by atoms with E-state index in [0.29, 0.717) is 29.6 Å². The lowest BCUT2D eigenvalue weighted by Crippen LogP contribution is -2.27. The number of nitrogens with one attached hydrogen (secondary N) is 1. The molecule has 1 heterocycles. The van der Waals surface area contributed by atoms with E-state index in [2.05, 4.69) is 10.3 Å². The van der Waals surface area contributed by atoms with Crippen LogP contribution in [0.5, 0.6) is 5.75 Å². The zero-order chi connectivity index (χ0) is 14.5. The van der Waals surface area contributed by atoms with E-state index < -0.39 is 0 Å². The van der Waals surface area contributed by atoms with Crippen molar-refractivity contribution in [2.24, 2.45) is 11.8 Å². The molecule has 1 aliphatic rings. The molecule has 112 valence electrons. The number of aromatic hydroxyl groups is 1. The van der Waals surface area contributed by atoms with Gasteiger partial charge in [0.25, 0.3) is 0 Å². The first-order valence-corrected chi connectivity index (χ1v) is 7.26. The Kier molecular flexibility index (Phi) is 5.34. The van der Waals surface area contributed by atoms with Crippen molar-refractivity contribution in [1.29, 1.82) is 0 Å². The number of aliphatic hydroxyl groups excluding tert-OH is 2. The topological polar surface area (TPSA) is 85.6 Å². The van der Waals surface area contributed by atoms with Gasteiger partial charge in [-0.3, -0.25) is 4.98 Å². The maximum Gasteiger partial charge on any atom is 0.141 e. The largest absolute Gasteiger partial charge is 0.506 e. The fourth-order valence-electron chi connectivity index (χ4n) is 3.02. The Bertz CT molecular complexity index is 451. The van der Waals surface area contributed by atoms with Gasteiger partial charge in [0.1, 0.15) is 5.75 Å². The van der Waals surface area contributed by atoms with Gasteiger partial charge in [-0.15, -0.1) is 0 Å². The van der Waals surface area contributed by atoms with Crippen LogP contribution in [0.1, 0.15) is 36.1 Å². The van der Waals surface area contributed by atoms with Gasteiger partial charge in [-0.05, 0) is 38.1 Å². The minimum Gasteiger partial charge on any atom is -0.506 e. The molecular formula is C15H24N2O3. The van der Waals surface area contributed by atoms with E-state index in [-0.39, 0.29) is 19.0 Å². The van der Waals surface area contributed by atoms with Gasteiger partial charge in [-0.2, -0.15) is 0 Å². The summed E-state index contributed by atoms with van der Waals surface area (Å²) < 4.78 is 0. The Hall–Kier alpha value is -1.17. The molecule has 0 amide bonds. The second kappa shape index (κ2) is 7.02. The maximum absolute atomic E-state index is 10.0. The summed E-state index contributed by atoms with van der Waals surface area (Å²) in [7, 11) is 0. The van der Waals surface area contributed by atoms with Gasteiger partial charge < -0.3 is 20.6 Å². The van der Waals surface area contributed by atoms with Crippen molar-refractivity contribution in [3.63, 3.8) is 0 Å². The normalized spacial score (nSPS) is 22.4. The van der Waals surface area contributed by atoms with Gasteiger partial charge in [-0.1, -0.05) is 6.42 Å². The highest BCUT2D eigenvalue weighted by molar-refractivity contribution is 5.40. The second-order valence-electron chi connectivity index (χ2n) is 5.62. The molecule has 1 aromatic heterocycles. The first kappa shape index (κ1) is 15.2. The van der Waals surface area contributed by atoms with E-state index in [4.69, 9.17) is 0 Å². The fourth-order valence-corrected chi connectivity index (χ4v) is 3.02. The molecule has 2 atom stereocenters. The Morgan fingerprint density at radius 3 is 2.75 bits per heavy atom. The number of hydrogen-bond acceptors (Lipinski definition) is 5. The highest BCUT2D eigenvalue weighted by atomic mass is 16.3. The predicted octanol–water partition coefficient (Wildman–Crippen LogP) is 1.09. The van der Waals surface area contributed by atoms with Gasteiger partial charge in [0.15, 0.2) is 0 Å². The van der Waals surface area contributed by atoms with Crippen molar-refractivity contribution >= 4 is 0 Å². The number of aliphatic hydroxyl groups is 2. The Morgan fingerprint density at radius 2 is 2.05 bits per heavy atom. The van der Waals surface area contributed by atoms with Crippen molar-refractivity contribution in [2.45, 2.75) is 39.3 Å². The van der Waals surface area contributed by atoms with Crippen molar-refractivity contribution in [3.05, 3.63) is 23.0 Å². The summed E-state index contributed by atoms with van der Waals surface area (Å²) in [5, 5.41) is 32.0. The first-order valence-electron chi connectivity index (χ1n) is 7.26. The average molecular weight is 280 g/mol. The van der Waals surface area contributed by atoms with Gasteiger partial charge in [0.2, 0.25) is 0 Å². The molecule has 2 unspecified atom stereocenters. The summed E-state index contributed by atoms with van der Waals surface area (Å²) in [5.41, 5.74) is 1.96. The van der Waals surface area contributed by atoms with E-state index in [1.165, 1.54) is 6.42 Å². The highest BCUT2D eigenvalue weighted by Gasteiger charge is 2.26. The minimum absolute atomic E-state index is 0.124. The van der Waals surface area contributed by atoms with Crippen LogP contribution in [0.4, 0.5) is 0 Å². The van der Waals surface area contributed by atoms with E-state index in [9.17, 15) is 15.3 Å². The van der Waals surface area contributed by atoms with Gasteiger partial charge in [0.05, 0.1) is 12.3 Å². The predicted molar refractivity (Wildman–Crippen MR) is 76.2 cm³/mol. The number of pyridine rings is 1. The smallest absolute Gasteiger partial charge is 0.141 e. The summed E-state index contributed by atoms with van der Waals surface area (Å²) in [6.07, 6.45) is 5.04. The summed E-state index contributed by atoms with van der Waals surface area (Å²) in [6, 6.07) is 0. The second-order valence-corrected chi connectivity index (χ2v) is 5.62. The SMILES string of the molecule is Cc1ncc(CO)c(CNCC2CCCC2CO)c1O. The molecule has 1 aromatic rings. The van der Waals surface area contributed by atoms with Crippen molar-refractivity contribution < 1.29 is 15.3 Å². The molecule has 0 aliphatic heterocycles. The van der Waals surface area contributed by atoms with Crippen LogP contribution >= 0.6 is 0 Å². The number of aromatic nitrogens is 1. The van der Waals surface area contributed by atoms with Crippen LogP contribution in [-0.4, -0.2) is 33.5 Å². The van der Waals surface area contributed by atoms with E-state index in [0.717, 1.165) is 24.9 Å². The molecule has 0 spiro atoms. The van der Waals surface area contributed by atoms with Crippen LogP contribution in [0.25, 0.3) is 0 Å². The third-order valence-electron chi connectivity index (χ3n) is 4.36. The fraction of sp³-hybridized carbons (Fsp3) is 0.667. The molecule has 5 nitrogen and oxygen atoms in total. The van der Waals surface area contributed by atoms with E-state index >= 15 is 0 Å². The number of nitrogens with zero attached hydrogens (tertiary/aromatic N) is 1. The quantitative estimate of drug-likeness (QED) is 0.627. The lowest BCUT2D eigenvalue weighted by Gasteiger charge is -2.19. The molecule has 5 heteroatoms. The number of rotatable bonds is 6. The summed E-state index contributed by atoms with van der Waals surface area (Å²) in [4.78, 5) is 4.05. The standard InChI is InChI=1S/C15H24N2O3/c1-10-15(20)14(13(9-19)6-17-10)7-16-5-11-3-2-4-12(11)8-18/h6,11-12,16,18-20H,2-5,7-9H2,1H3. The third-order valence-corrected chi connectivity index (χ3v) is 4.36. The molecule has 2 rings (SSSR count). The van der Waals surface area contributed by atoms with Crippen molar-refractivity contribution in [3.8, 4) is 5.75 Å². The summed E-state index contributed by atoms with van der Waals surface area (Å²) >= 11 is 0. The zero-order valence-corrected chi connectivity index (χ0v) is 12.0. The maximum atomic E-state index is 10.0. The lowest BCUT2D eigenvalue weighted by molar-refractivity contribution is 0.192. The van der Waals surface area contributed by atoms with Gasteiger partial charge in [-0.25, -0.2) is 0 Å². The molecule has 20 heavy (non-hydrogen) atoms. The monoisotopic (exact) mass is 280 g/mol. The Balaban J connectivity index is 1.95. The van der Waals surface area contributed by atoms with Gasteiger partial charge >= 0.3 is 0 Å². The van der Waals surface area contributed by atoms with Crippen molar-refractivity contribution in [2.75, 3.05) is 13.2 Å². The molecule has 1 saturated carbocycles. The van der Waals surface area contributed by atoms with Crippen LogP contribution in [0, 0.1) is 18.8 Å². The Labute approximate surface area is 119 Å². The molecule has 0 radical (unpaired) electrons. The molecule has 0 bridgehead atoms. The molecule has 0 aromatic carbocycles. The number of aryl methyl sites for hydroxylation is 1. The molecular weight excluding hydrogens is 256 g/mol. The lowest BCUT2D eigenvalue weighted by atomic mass is 9.97. The summed E-state index contributed by atoms with van der Waals surface area (Å²) in [5.74, 6) is 1.06. The van der Waals surface area contributed by atoms with Crippen LogP contribution in [0.2, 0.25) is 0 Å². The van der Waals surface area contributed by atoms with E-state index in [1.54, 1.807) is 13.1 Å². The summed E-state index contributed by atoms with van der Waals surface area (Å²) in [6.45, 7) is 3.23. The van der Waals surface area contributed by atoms with Crippen LogP contribution in [0.15, 0.2) is 6.20 Å². The molecule has 1 fully saturated rings. The van der Waals surface area contributed by atoms with Crippen LogP contribution in [-0.2, 0) is 13.2 Å². The third kappa shape index (κ3) is 3.29. The van der Waals surface area contributed by atoms with Crippen LogP contribution in [0.3, 0.4) is 0 Å². The van der Waals surface area contributed by atoms with Crippen LogP contribution < -0.4 is 5.32 Å².